The maximum atomic E-state index is 9.60. The summed E-state index contributed by atoms with van der Waals surface area (Å²) < 4.78 is 0. The molecule has 9 heavy (non-hydrogen) atoms. The summed E-state index contributed by atoms with van der Waals surface area (Å²) in [5.74, 6) is -0.711. The smallest absolute Gasteiger partial charge is 0.316 e. The maximum Gasteiger partial charge on any atom is 0.316 e. The van der Waals surface area contributed by atoms with Crippen LogP contribution in [0.4, 0.5) is 0 Å². The van der Waals surface area contributed by atoms with Gasteiger partial charge in [0.1, 0.15) is 0 Å². The standard InChI is InChI=1S/C4H8O2.Mg.2H2O.2H/c1-2-3-4(5)6;;;;;/h2-3H2,1H3,(H,5,6);;2*1H2;;. The van der Waals surface area contributed by atoms with Crippen LogP contribution in [-0.4, -0.2) is 45.1 Å². The van der Waals surface area contributed by atoms with E-state index >= 15 is 0 Å². The van der Waals surface area contributed by atoms with Crippen molar-refractivity contribution in [3.05, 3.63) is 0 Å². The van der Waals surface area contributed by atoms with E-state index in [4.69, 9.17) is 5.11 Å². The first-order valence-corrected chi connectivity index (χ1v) is 1.99. The van der Waals surface area contributed by atoms with Crippen LogP contribution >= 0.6 is 0 Å². The van der Waals surface area contributed by atoms with Crippen molar-refractivity contribution >= 4 is 29.0 Å². The maximum absolute atomic E-state index is 9.60. The third kappa shape index (κ3) is 31.0. The van der Waals surface area contributed by atoms with Crippen molar-refractivity contribution in [3.8, 4) is 0 Å². The highest BCUT2D eigenvalue weighted by atomic mass is 24.3. The van der Waals surface area contributed by atoms with Crippen LogP contribution in [-0.2, 0) is 4.79 Å². The second kappa shape index (κ2) is 15.7. The molecular weight excluding hydrogens is 136 g/mol. The number of carboxylic acids is 1. The molecule has 0 aromatic heterocycles. The second-order valence-corrected chi connectivity index (χ2v) is 1.14. The Morgan fingerprint density at radius 1 is 1.44 bits per heavy atom. The van der Waals surface area contributed by atoms with Gasteiger partial charge in [-0.1, -0.05) is 6.92 Å². The lowest BCUT2D eigenvalue weighted by Gasteiger charge is -1.79. The molecule has 0 saturated heterocycles. The molecule has 0 aromatic carbocycles. The zero-order chi connectivity index (χ0) is 4.99. The first kappa shape index (κ1) is 22.9. The van der Waals surface area contributed by atoms with E-state index in [0.717, 1.165) is 6.42 Å². The highest BCUT2D eigenvalue weighted by molar-refractivity contribution is 5.75. The Labute approximate surface area is 70.0 Å². The van der Waals surface area contributed by atoms with Gasteiger partial charge in [0.15, 0.2) is 0 Å². The van der Waals surface area contributed by atoms with Crippen molar-refractivity contribution in [2.24, 2.45) is 0 Å². The van der Waals surface area contributed by atoms with E-state index in [1.54, 1.807) is 0 Å². The van der Waals surface area contributed by atoms with Crippen molar-refractivity contribution in [2.75, 3.05) is 0 Å². The molecule has 56 valence electrons. The molecule has 0 atom stereocenters. The molecular formula is C4H14MgO4. The fourth-order valence-corrected chi connectivity index (χ4v) is 0.214. The van der Waals surface area contributed by atoms with Crippen LogP contribution in [0.25, 0.3) is 0 Å². The molecule has 5 heteroatoms. The van der Waals surface area contributed by atoms with E-state index in [0.29, 0.717) is 6.42 Å². The van der Waals surface area contributed by atoms with E-state index in [1.807, 2.05) is 6.92 Å². The van der Waals surface area contributed by atoms with Crippen LogP contribution in [0.15, 0.2) is 0 Å². The van der Waals surface area contributed by atoms with Crippen LogP contribution in [0.3, 0.4) is 0 Å². The number of hydrogen-bond acceptors (Lipinski definition) is 1. The predicted molar refractivity (Wildman–Crippen MR) is 38.3 cm³/mol. The number of carboxylic acid groups (broad SMARTS) is 1. The van der Waals surface area contributed by atoms with E-state index in [-0.39, 0.29) is 34.0 Å². The molecule has 0 aliphatic heterocycles. The Morgan fingerprint density at radius 2 is 1.78 bits per heavy atom. The van der Waals surface area contributed by atoms with Gasteiger partial charge in [-0.15, -0.1) is 0 Å². The third-order valence-electron chi connectivity index (χ3n) is 0.464. The lowest BCUT2D eigenvalue weighted by atomic mass is 10.4. The Hall–Kier alpha value is 0.156. The number of rotatable bonds is 2. The summed E-state index contributed by atoms with van der Waals surface area (Å²) in [4.78, 5) is 9.60. The Morgan fingerprint density at radius 3 is 1.78 bits per heavy atom. The van der Waals surface area contributed by atoms with Gasteiger partial charge in [-0.25, -0.2) is 0 Å². The van der Waals surface area contributed by atoms with Crippen molar-refractivity contribution in [1.82, 2.24) is 0 Å². The monoisotopic (exact) mass is 150 g/mol. The number of aliphatic carboxylic acids is 1. The molecule has 0 rings (SSSR count). The second-order valence-electron chi connectivity index (χ2n) is 1.14. The molecule has 5 N–H and O–H groups in total. The quantitative estimate of drug-likeness (QED) is 0.475. The number of carbonyl (C=O) groups is 1. The largest absolute Gasteiger partial charge is 0.481 e. The van der Waals surface area contributed by atoms with Gasteiger partial charge in [-0.3, -0.25) is 4.79 Å². The molecule has 0 aliphatic carbocycles. The van der Waals surface area contributed by atoms with Gasteiger partial charge in [0.2, 0.25) is 0 Å². The molecule has 0 amide bonds. The van der Waals surface area contributed by atoms with Gasteiger partial charge in [0, 0.05) is 6.42 Å². The lowest BCUT2D eigenvalue weighted by molar-refractivity contribution is -0.137. The Bertz CT molecular complexity index is 56.5. The van der Waals surface area contributed by atoms with E-state index < -0.39 is 5.97 Å². The van der Waals surface area contributed by atoms with E-state index in [9.17, 15) is 4.79 Å². The minimum atomic E-state index is -0.711. The van der Waals surface area contributed by atoms with Gasteiger partial charge in [0.05, 0.1) is 0 Å². The third-order valence-corrected chi connectivity index (χ3v) is 0.464. The van der Waals surface area contributed by atoms with Crippen LogP contribution in [0.2, 0.25) is 0 Å². The summed E-state index contributed by atoms with van der Waals surface area (Å²) in [5.41, 5.74) is 0. The molecule has 0 heterocycles. The molecule has 0 unspecified atom stereocenters. The van der Waals surface area contributed by atoms with Gasteiger partial charge >= 0.3 is 29.0 Å². The summed E-state index contributed by atoms with van der Waals surface area (Å²) in [6, 6.07) is 0. The minimum Gasteiger partial charge on any atom is -0.481 e. The first-order valence-electron chi connectivity index (χ1n) is 1.99. The van der Waals surface area contributed by atoms with Crippen molar-refractivity contribution < 1.29 is 20.9 Å². The fraction of sp³-hybridized carbons (Fsp3) is 0.750. The number of hydrogen-bond donors (Lipinski definition) is 1. The van der Waals surface area contributed by atoms with Gasteiger partial charge in [-0.2, -0.15) is 0 Å². The van der Waals surface area contributed by atoms with Crippen LogP contribution in [0.5, 0.6) is 0 Å². The normalized spacial score (nSPS) is 5.44. The molecule has 0 aromatic rings. The average Bonchev–Trinajstić information content (AvgIpc) is 1.35. The first-order chi connectivity index (χ1) is 2.77. The SMILES string of the molecule is CCCC(=O)O.O.O.[MgH2]. The van der Waals surface area contributed by atoms with Crippen LogP contribution < -0.4 is 0 Å². The molecule has 0 bridgehead atoms. The predicted octanol–water partition coefficient (Wildman–Crippen LogP) is -1.69. The summed E-state index contributed by atoms with van der Waals surface area (Å²) in [5, 5.41) is 7.91. The summed E-state index contributed by atoms with van der Waals surface area (Å²) in [6.07, 6.45) is 1.02. The van der Waals surface area contributed by atoms with Crippen molar-refractivity contribution in [1.29, 1.82) is 0 Å². The topological polar surface area (TPSA) is 100 Å². The van der Waals surface area contributed by atoms with Crippen LogP contribution in [0, 0.1) is 0 Å². The molecule has 0 fully saturated rings. The van der Waals surface area contributed by atoms with Gasteiger partial charge < -0.3 is 16.1 Å². The minimum absolute atomic E-state index is 0. The van der Waals surface area contributed by atoms with Gasteiger partial charge in [-0.05, 0) is 6.42 Å². The molecule has 0 radical (unpaired) electrons. The zero-order valence-electron chi connectivity index (χ0n) is 4.77. The van der Waals surface area contributed by atoms with E-state index in [2.05, 4.69) is 0 Å². The summed E-state index contributed by atoms with van der Waals surface area (Å²) in [6.45, 7) is 1.84. The van der Waals surface area contributed by atoms with Crippen molar-refractivity contribution in [2.45, 2.75) is 19.8 Å². The van der Waals surface area contributed by atoms with Crippen molar-refractivity contribution in [3.63, 3.8) is 0 Å². The lowest BCUT2D eigenvalue weighted by Crippen LogP contribution is -1.90. The zero-order valence-corrected chi connectivity index (χ0v) is 4.77. The van der Waals surface area contributed by atoms with E-state index in [1.165, 1.54) is 0 Å². The molecule has 0 saturated carbocycles. The molecule has 4 nitrogen and oxygen atoms in total. The van der Waals surface area contributed by atoms with Gasteiger partial charge in [0.25, 0.3) is 0 Å². The highest BCUT2D eigenvalue weighted by Gasteiger charge is 1.87. The fourth-order valence-electron chi connectivity index (χ4n) is 0.214. The molecule has 0 aliphatic rings. The van der Waals surface area contributed by atoms with Crippen LogP contribution in [0.1, 0.15) is 19.8 Å². The summed E-state index contributed by atoms with van der Waals surface area (Å²) >= 11 is 0. The molecule has 0 spiro atoms. The highest BCUT2D eigenvalue weighted by Crippen LogP contribution is 1.82. The Kier molecular flexibility index (Phi) is 40.0. The Balaban J connectivity index is -0.0000000417. The summed E-state index contributed by atoms with van der Waals surface area (Å²) in [7, 11) is 0. The average molecular weight is 150 g/mol.